The van der Waals surface area contributed by atoms with Gasteiger partial charge in [0, 0.05) is 42.7 Å². The SMILES string of the molecule is CCOC(=O)c1c(/C=C/C(=O)N(CCC(=O)OC)CC(C)C)c(C)n(CC)c1C. The lowest BCUT2D eigenvalue weighted by Crippen LogP contribution is -2.34. The largest absolute Gasteiger partial charge is 0.469 e. The van der Waals surface area contributed by atoms with E-state index >= 15 is 0 Å². The molecular formula is C22H34N2O5. The number of carbonyl (C=O) groups excluding carboxylic acids is 3. The minimum absolute atomic E-state index is 0.140. The van der Waals surface area contributed by atoms with E-state index in [0.717, 1.165) is 11.4 Å². The summed E-state index contributed by atoms with van der Waals surface area (Å²) in [5, 5.41) is 0. The van der Waals surface area contributed by atoms with Crippen molar-refractivity contribution in [2.45, 2.75) is 54.5 Å². The summed E-state index contributed by atoms with van der Waals surface area (Å²) < 4.78 is 11.9. The molecule has 0 aliphatic carbocycles. The topological polar surface area (TPSA) is 77.8 Å². The Morgan fingerprint density at radius 3 is 2.31 bits per heavy atom. The van der Waals surface area contributed by atoms with Crippen molar-refractivity contribution in [3.63, 3.8) is 0 Å². The predicted octanol–water partition coefficient (Wildman–Crippen LogP) is 3.36. The number of esters is 2. The van der Waals surface area contributed by atoms with Gasteiger partial charge in [-0.3, -0.25) is 9.59 Å². The van der Waals surface area contributed by atoms with E-state index in [0.29, 0.717) is 24.2 Å². The van der Waals surface area contributed by atoms with Gasteiger partial charge in [0.15, 0.2) is 0 Å². The van der Waals surface area contributed by atoms with E-state index in [1.54, 1.807) is 17.9 Å². The molecular weight excluding hydrogens is 372 g/mol. The van der Waals surface area contributed by atoms with E-state index in [1.807, 2.05) is 39.2 Å². The normalized spacial score (nSPS) is 11.2. The lowest BCUT2D eigenvalue weighted by molar-refractivity contribution is -0.141. The second-order valence-corrected chi connectivity index (χ2v) is 7.26. The molecule has 0 atom stereocenters. The molecule has 1 rings (SSSR count). The average molecular weight is 407 g/mol. The van der Waals surface area contributed by atoms with E-state index < -0.39 is 5.97 Å². The van der Waals surface area contributed by atoms with Crippen LogP contribution in [0.25, 0.3) is 6.08 Å². The highest BCUT2D eigenvalue weighted by molar-refractivity contribution is 5.99. The molecule has 1 aromatic rings. The molecule has 0 bridgehead atoms. The van der Waals surface area contributed by atoms with E-state index in [4.69, 9.17) is 4.74 Å². The van der Waals surface area contributed by atoms with E-state index in [9.17, 15) is 14.4 Å². The molecule has 29 heavy (non-hydrogen) atoms. The lowest BCUT2D eigenvalue weighted by Gasteiger charge is -2.22. The van der Waals surface area contributed by atoms with E-state index in [1.165, 1.54) is 13.2 Å². The highest BCUT2D eigenvalue weighted by Crippen LogP contribution is 2.25. The summed E-state index contributed by atoms with van der Waals surface area (Å²) in [6.45, 7) is 13.4. The monoisotopic (exact) mass is 406 g/mol. The van der Waals surface area contributed by atoms with Crippen molar-refractivity contribution in [1.82, 2.24) is 9.47 Å². The van der Waals surface area contributed by atoms with Crippen LogP contribution in [0.15, 0.2) is 6.08 Å². The molecule has 0 saturated heterocycles. The third-order valence-electron chi connectivity index (χ3n) is 4.73. The van der Waals surface area contributed by atoms with Crippen molar-refractivity contribution in [2.24, 2.45) is 5.92 Å². The fraction of sp³-hybridized carbons (Fsp3) is 0.591. The van der Waals surface area contributed by atoms with Crippen LogP contribution in [-0.4, -0.2) is 54.1 Å². The van der Waals surface area contributed by atoms with Crippen LogP contribution in [0.3, 0.4) is 0 Å². The Kier molecular flexibility index (Phi) is 9.65. The molecule has 7 nitrogen and oxygen atoms in total. The van der Waals surface area contributed by atoms with Crippen molar-refractivity contribution in [2.75, 3.05) is 26.8 Å². The Labute approximate surface area is 173 Å². The van der Waals surface area contributed by atoms with Gasteiger partial charge in [0.1, 0.15) is 0 Å². The molecule has 0 saturated carbocycles. The smallest absolute Gasteiger partial charge is 0.340 e. The summed E-state index contributed by atoms with van der Waals surface area (Å²) in [4.78, 5) is 38.4. The predicted molar refractivity (Wildman–Crippen MR) is 113 cm³/mol. The summed E-state index contributed by atoms with van der Waals surface area (Å²) in [5.74, 6) is -0.701. The second kappa shape index (κ2) is 11.4. The fourth-order valence-corrected chi connectivity index (χ4v) is 3.37. The van der Waals surface area contributed by atoms with Gasteiger partial charge in [0.25, 0.3) is 0 Å². The van der Waals surface area contributed by atoms with Gasteiger partial charge >= 0.3 is 11.9 Å². The van der Waals surface area contributed by atoms with Gasteiger partial charge in [-0.25, -0.2) is 4.79 Å². The summed E-state index contributed by atoms with van der Waals surface area (Å²) in [6, 6.07) is 0. The first-order valence-electron chi connectivity index (χ1n) is 10.1. The summed E-state index contributed by atoms with van der Waals surface area (Å²) in [5.41, 5.74) is 2.90. The van der Waals surface area contributed by atoms with Crippen molar-refractivity contribution in [3.8, 4) is 0 Å². The number of rotatable bonds is 10. The van der Waals surface area contributed by atoms with Crippen LogP contribution in [0.5, 0.6) is 0 Å². The standard InChI is InChI=1S/C22H34N2O5/c1-8-24-16(5)18(21(17(24)6)22(27)29-9-2)10-11-19(25)23(14-15(3)4)13-12-20(26)28-7/h10-11,15H,8-9,12-14H2,1-7H3/b11-10+. The van der Waals surface area contributed by atoms with Gasteiger partial charge in [0.2, 0.25) is 5.91 Å². The maximum Gasteiger partial charge on any atom is 0.340 e. The van der Waals surface area contributed by atoms with Crippen LogP contribution >= 0.6 is 0 Å². The molecule has 7 heteroatoms. The molecule has 1 heterocycles. The molecule has 0 aliphatic rings. The lowest BCUT2D eigenvalue weighted by atomic mass is 10.1. The first-order valence-corrected chi connectivity index (χ1v) is 10.1. The molecule has 162 valence electrons. The zero-order valence-electron chi connectivity index (χ0n) is 18.7. The van der Waals surface area contributed by atoms with Crippen LogP contribution in [0.2, 0.25) is 0 Å². The second-order valence-electron chi connectivity index (χ2n) is 7.26. The van der Waals surface area contributed by atoms with Gasteiger partial charge in [-0.05, 0) is 39.7 Å². The molecule has 0 aliphatic heterocycles. The summed E-state index contributed by atoms with van der Waals surface area (Å²) in [6.07, 6.45) is 3.28. The first-order chi connectivity index (χ1) is 13.7. The maximum atomic E-state index is 12.8. The molecule has 0 unspecified atom stereocenters. The molecule has 0 fully saturated rings. The average Bonchev–Trinajstić information content (AvgIpc) is 2.91. The number of ether oxygens (including phenoxy) is 2. The zero-order valence-corrected chi connectivity index (χ0v) is 18.7. The number of aromatic nitrogens is 1. The number of nitrogens with zero attached hydrogens (tertiary/aromatic N) is 2. The Bertz CT molecular complexity index is 762. The van der Waals surface area contributed by atoms with Gasteiger partial charge in [-0.1, -0.05) is 13.8 Å². The number of methoxy groups -OCH3 is 1. The van der Waals surface area contributed by atoms with Gasteiger partial charge in [0.05, 0.1) is 25.7 Å². The molecule has 1 aromatic heterocycles. The minimum Gasteiger partial charge on any atom is -0.469 e. The third-order valence-corrected chi connectivity index (χ3v) is 4.73. The number of hydrogen-bond donors (Lipinski definition) is 0. The van der Waals surface area contributed by atoms with E-state index in [-0.39, 0.29) is 37.4 Å². The van der Waals surface area contributed by atoms with Crippen molar-refractivity contribution >= 4 is 23.9 Å². The Morgan fingerprint density at radius 2 is 1.79 bits per heavy atom. The molecule has 1 amide bonds. The first kappa shape index (κ1) is 24.5. The van der Waals surface area contributed by atoms with Gasteiger partial charge in [-0.2, -0.15) is 0 Å². The molecule has 0 aromatic carbocycles. The van der Waals surface area contributed by atoms with Crippen molar-refractivity contribution in [3.05, 3.63) is 28.6 Å². The molecule has 0 N–H and O–H groups in total. The van der Waals surface area contributed by atoms with Crippen LogP contribution in [0, 0.1) is 19.8 Å². The van der Waals surface area contributed by atoms with Crippen molar-refractivity contribution < 1.29 is 23.9 Å². The van der Waals surface area contributed by atoms with E-state index in [2.05, 4.69) is 4.74 Å². The molecule has 0 radical (unpaired) electrons. The summed E-state index contributed by atoms with van der Waals surface area (Å²) in [7, 11) is 1.33. The van der Waals surface area contributed by atoms with Crippen LogP contribution in [0.4, 0.5) is 0 Å². The Morgan fingerprint density at radius 1 is 1.14 bits per heavy atom. The number of carbonyl (C=O) groups is 3. The number of amides is 1. The third kappa shape index (κ3) is 6.48. The van der Waals surface area contributed by atoms with Gasteiger partial charge in [-0.15, -0.1) is 0 Å². The highest BCUT2D eigenvalue weighted by Gasteiger charge is 2.22. The quantitative estimate of drug-likeness (QED) is 0.440. The van der Waals surface area contributed by atoms with Crippen LogP contribution in [-0.2, 0) is 25.6 Å². The van der Waals surface area contributed by atoms with Crippen molar-refractivity contribution in [1.29, 1.82) is 0 Å². The van der Waals surface area contributed by atoms with Crippen LogP contribution < -0.4 is 0 Å². The maximum absolute atomic E-state index is 12.8. The summed E-state index contributed by atoms with van der Waals surface area (Å²) >= 11 is 0. The zero-order chi connectivity index (χ0) is 22.1. The molecule has 0 spiro atoms. The van der Waals surface area contributed by atoms with Crippen LogP contribution in [0.1, 0.15) is 61.4 Å². The number of hydrogen-bond acceptors (Lipinski definition) is 5. The van der Waals surface area contributed by atoms with Gasteiger partial charge < -0.3 is 18.9 Å². The Hall–Kier alpha value is -2.57. The highest BCUT2D eigenvalue weighted by atomic mass is 16.5. The minimum atomic E-state index is -0.392. The Balaban J connectivity index is 3.19. The fourth-order valence-electron chi connectivity index (χ4n) is 3.37.